The van der Waals surface area contributed by atoms with Crippen LogP contribution in [0.1, 0.15) is 30.4 Å². The van der Waals surface area contributed by atoms with Gasteiger partial charge < -0.3 is 9.13 Å². The van der Waals surface area contributed by atoms with Crippen molar-refractivity contribution in [3.63, 3.8) is 0 Å². The maximum Gasteiger partial charge on any atom is 0.0593 e. The van der Waals surface area contributed by atoms with Crippen molar-refractivity contribution in [1.82, 2.24) is 9.13 Å². The van der Waals surface area contributed by atoms with Gasteiger partial charge in [0, 0.05) is 70.8 Å². The molecule has 2 heterocycles. The van der Waals surface area contributed by atoms with Crippen molar-refractivity contribution in [1.29, 1.82) is 0 Å². The van der Waals surface area contributed by atoms with Crippen LogP contribution in [0.3, 0.4) is 0 Å². The predicted octanol–water partition coefficient (Wildman–Crippen LogP) is 10.5. The van der Waals surface area contributed by atoms with E-state index in [1.165, 1.54) is 43.6 Å². The van der Waals surface area contributed by atoms with Gasteiger partial charge in [-0.15, -0.1) is 0 Å². The minimum atomic E-state index is 0.830. The van der Waals surface area contributed by atoms with E-state index >= 15 is 0 Å². The maximum atomic E-state index is 5.01. The summed E-state index contributed by atoms with van der Waals surface area (Å²) in [6, 6.07) is 51.3. The number of para-hydroxylation sites is 4. The zero-order valence-corrected chi connectivity index (χ0v) is 29.2. The van der Waals surface area contributed by atoms with Crippen molar-refractivity contribution in [2.24, 2.45) is 24.3 Å². The highest BCUT2D eigenvalue weighted by Crippen LogP contribution is 2.30. The van der Waals surface area contributed by atoms with Crippen LogP contribution in [0.15, 0.2) is 156 Å². The Kier molecular flexibility index (Phi) is 9.05. The Balaban J connectivity index is 0.951. The Morgan fingerprint density at radius 3 is 1.27 bits per heavy atom. The minimum Gasteiger partial charge on any atom is -0.344 e. The lowest BCUT2D eigenvalue weighted by Gasteiger charge is -2.21. The number of rotatable bonds is 12. The zero-order valence-electron chi connectivity index (χ0n) is 29.2. The average Bonchev–Trinajstić information content (AvgIpc) is 3.64. The first-order valence-electron chi connectivity index (χ1n) is 17.8. The number of aromatic nitrogens is 2. The molecule has 0 aliphatic carbocycles. The number of unbranched alkanes of at least 4 members (excludes halogenated alkanes) is 2. The smallest absolute Gasteiger partial charge is 0.0593 e. The van der Waals surface area contributed by atoms with Crippen LogP contribution in [0, 0.1) is 0 Å². The van der Waals surface area contributed by atoms with E-state index < -0.39 is 0 Å². The third kappa shape index (κ3) is 6.61. The van der Waals surface area contributed by atoms with Crippen molar-refractivity contribution in [3.8, 4) is 0 Å². The summed E-state index contributed by atoms with van der Waals surface area (Å²) in [4.78, 5) is 0. The number of hydrogen-bond donors (Lipinski definition) is 0. The normalized spacial score (nSPS) is 12.0. The molecular weight excluding hydrogens is 625 g/mol. The van der Waals surface area contributed by atoms with Crippen molar-refractivity contribution < 1.29 is 0 Å². The SMILES string of the molecule is Cn1c2ccccc2c2cc(/C=N\N(CCCCCN(/N=C\c3ccc4c(c3)c3ccccc3n4C)c3ccccc3)c3ccccc3)ccc21. The van der Waals surface area contributed by atoms with Gasteiger partial charge in [0.1, 0.15) is 0 Å². The molecule has 8 rings (SSSR count). The fourth-order valence-electron chi connectivity index (χ4n) is 7.21. The summed E-state index contributed by atoms with van der Waals surface area (Å²) < 4.78 is 4.52. The molecule has 0 N–H and O–H groups in total. The molecule has 51 heavy (non-hydrogen) atoms. The summed E-state index contributed by atoms with van der Waals surface area (Å²) in [5, 5.41) is 19.3. The molecule has 0 atom stereocenters. The number of nitrogens with zero attached hydrogens (tertiary/aromatic N) is 6. The van der Waals surface area contributed by atoms with Gasteiger partial charge >= 0.3 is 0 Å². The first-order chi connectivity index (χ1) is 25.1. The molecule has 0 unspecified atom stereocenters. The van der Waals surface area contributed by atoms with E-state index in [1.807, 2.05) is 12.4 Å². The first kappa shape index (κ1) is 32.1. The van der Waals surface area contributed by atoms with Gasteiger partial charge in [-0.05, 0) is 91.1 Å². The van der Waals surface area contributed by atoms with Crippen LogP contribution in [0.4, 0.5) is 11.4 Å². The highest BCUT2D eigenvalue weighted by atomic mass is 15.5. The lowest BCUT2D eigenvalue weighted by atomic mass is 10.1. The third-order valence-corrected chi connectivity index (χ3v) is 9.92. The monoisotopic (exact) mass is 666 g/mol. The Bertz CT molecular complexity index is 2310. The fourth-order valence-corrected chi connectivity index (χ4v) is 7.21. The van der Waals surface area contributed by atoms with Crippen LogP contribution in [0.5, 0.6) is 0 Å². The van der Waals surface area contributed by atoms with Crippen LogP contribution >= 0.6 is 0 Å². The lowest BCUT2D eigenvalue weighted by Crippen LogP contribution is -2.20. The molecule has 6 nitrogen and oxygen atoms in total. The first-order valence-corrected chi connectivity index (χ1v) is 17.8. The van der Waals surface area contributed by atoms with Crippen LogP contribution in [-0.4, -0.2) is 34.7 Å². The van der Waals surface area contributed by atoms with E-state index in [9.17, 15) is 0 Å². The van der Waals surface area contributed by atoms with Crippen LogP contribution in [0.2, 0.25) is 0 Å². The molecule has 0 amide bonds. The Hall–Kier alpha value is -6.14. The average molecular weight is 667 g/mol. The van der Waals surface area contributed by atoms with E-state index in [4.69, 9.17) is 10.2 Å². The Morgan fingerprint density at radius 2 is 0.824 bits per heavy atom. The summed E-state index contributed by atoms with van der Waals surface area (Å²) in [6.45, 7) is 1.66. The van der Waals surface area contributed by atoms with Gasteiger partial charge in [0.25, 0.3) is 0 Å². The van der Waals surface area contributed by atoms with Gasteiger partial charge in [0.2, 0.25) is 0 Å². The second kappa shape index (κ2) is 14.4. The highest BCUT2D eigenvalue weighted by molar-refractivity contribution is 6.10. The lowest BCUT2D eigenvalue weighted by molar-refractivity contribution is 0.648. The molecule has 8 aromatic rings. The van der Waals surface area contributed by atoms with Gasteiger partial charge in [0.05, 0.1) is 23.8 Å². The number of benzene rings is 6. The van der Waals surface area contributed by atoms with E-state index in [-0.39, 0.29) is 0 Å². The van der Waals surface area contributed by atoms with Crippen molar-refractivity contribution in [3.05, 3.63) is 157 Å². The largest absolute Gasteiger partial charge is 0.344 e. The molecule has 0 saturated carbocycles. The van der Waals surface area contributed by atoms with E-state index in [0.29, 0.717) is 0 Å². The summed E-state index contributed by atoms with van der Waals surface area (Å²) in [5.41, 5.74) is 9.32. The molecular formula is C45H42N6. The summed E-state index contributed by atoms with van der Waals surface area (Å²) in [7, 11) is 4.26. The molecule has 252 valence electrons. The fraction of sp³-hybridized carbons (Fsp3) is 0.156. The molecule has 0 fully saturated rings. The van der Waals surface area contributed by atoms with Gasteiger partial charge in [-0.1, -0.05) is 84.9 Å². The van der Waals surface area contributed by atoms with E-state index in [0.717, 1.165) is 54.9 Å². The Labute approximate surface area is 299 Å². The molecule has 6 heteroatoms. The van der Waals surface area contributed by atoms with Crippen molar-refractivity contribution >= 4 is 67.4 Å². The summed E-state index contributed by atoms with van der Waals surface area (Å²) in [6.07, 6.45) is 7.07. The number of fused-ring (bicyclic) bond motifs is 6. The quantitative estimate of drug-likeness (QED) is 0.0740. The third-order valence-electron chi connectivity index (χ3n) is 9.92. The molecule has 0 spiro atoms. The van der Waals surface area contributed by atoms with E-state index in [1.54, 1.807) is 0 Å². The number of hydrogen-bond acceptors (Lipinski definition) is 4. The topological polar surface area (TPSA) is 41.1 Å². The standard InChI is InChI=1S/C45H42N6/c1-48-42-22-12-10-20-38(42)40-30-34(24-26-44(40)48)32-46-50(36-16-6-3-7-17-36)28-14-5-15-29-51(37-18-8-4-9-19-37)47-33-35-25-27-45-41(31-35)39-21-11-13-23-43(39)49(45)2/h3-4,6-13,16-27,30-33H,5,14-15,28-29H2,1-2H3/b46-32-,47-33-. The molecule has 0 aliphatic heterocycles. The van der Waals surface area contributed by atoms with E-state index in [2.05, 4.69) is 179 Å². The van der Waals surface area contributed by atoms with Gasteiger partial charge in [0.15, 0.2) is 0 Å². The molecule has 6 aromatic carbocycles. The van der Waals surface area contributed by atoms with Crippen LogP contribution in [0.25, 0.3) is 43.6 Å². The highest BCUT2D eigenvalue weighted by Gasteiger charge is 2.11. The summed E-state index contributed by atoms with van der Waals surface area (Å²) in [5.74, 6) is 0. The molecule has 0 radical (unpaired) electrons. The van der Waals surface area contributed by atoms with Crippen molar-refractivity contribution in [2.45, 2.75) is 19.3 Å². The Morgan fingerprint density at radius 1 is 0.431 bits per heavy atom. The molecule has 2 aromatic heterocycles. The van der Waals surface area contributed by atoms with Gasteiger partial charge in [-0.25, -0.2) is 0 Å². The van der Waals surface area contributed by atoms with Gasteiger partial charge in [-0.3, -0.25) is 10.0 Å². The number of hydrazone groups is 2. The second-order valence-electron chi connectivity index (χ2n) is 13.2. The molecule has 0 bridgehead atoms. The zero-order chi connectivity index (χ0) is 34.6. The van der Waals surface area contributed by atoms with Crippen LogP contribution in [-0.2, 0) is 14.1 Å². The van der Waals surface area contributed by atoms with Crippen molar-refractivity contribution in [2.75, 3.05) is 23.1 Å². The minimum absolute atomic E-state index is 0.830. The predicted molar refractivity (Wildman–Crippen MR) is 217 cm³/mol. The number of anilines is 2. The number of aryl methyl sites for hydroxylation is 2. The molecule has 0 aliphatic rings. The van der Waals surface area contributed by atoms with Crippen LogP contribution < -0.4 is 10.0 Å². The second-order valence-corrected chi connectivity index (χ2v) is 13.2. The van der Waals surface area contributed by atoms with Gasteiger partial charge in [-0.2, -0.15) is 10.2 Å². The molecule has 0 saturated heterocycles. The summed E-state index contributed by atoms with van der Waals surface area (Å²) >= 11 is 0. The maximum absolute atomic E-state index is 5.01.